The second-order valence-corrected chi connectivity index (χ2v) is 8.99. The summed E-state index contributed by atoms with van der Waals surface area (Å²) in [6, 6.07) is 6.75. The molecule has 7 heteroatoms. The normalized spacial score (nSPS) is 27.0. The molecular formula is C24H32N2O5. The molecule has 0 radical (unpaired) electrons. The Labute approximate surface area is 183 Å². The Balaban J connectivity index is 1.56. The highest BCUT2D eigenvalue weighted by atomic mass is 16.5. The summed E-state index contributed by atoms with van der Waals surface area (Å²) in [4.78, 5) is 51.1. The molecule has 3 rings (SSSR count). The minimum atomic E-state index is -1.01. The molecule has 168 valence electrons. The molecule has 1 aliphatic heterocycles. The number of carbonyl (C=O) groups excluding carboxylic acids is 4. The number of rotatable bonds is 6. The Morgan fingerprint density at radius 2 is 1.94 bits per heavy atom. The topological polar surface area (TPSA) is 92.8 Å². The lowest BCUT2D eigenvalue weighted by Crippen LogP contribution is -2.45. The number of ketones is 1. The average molecular weight is 429 g/mol. The first-order chi connectivity index (χ1) is 14.7. The Morgan fingerprint density at radius 1 is 1.19 bits per heavy atom. The molecule has 2 amide bonds. The van der Waals surface area contributed by atoms with Gasteiger partial charge >= 0.3 is 5.97 Å². The minimum absolute atomic E-state index is 0.00828. The standard InChI is InChI=1S/C24H32N2O5/c1-14-7-5-10-21(15(14)2)26-13-19(12-22(26)28)24(30)31-17(4)23(29)25-20-9-6-8-18(11-20)16(3)27/h6,8-9,11,14-15,17,19,21H,5,7,10,12-13H2,1-4H3,(H,25,29)/t14-,15-,17+,19-,21+/m1/s1. The lowest BCUT2D eigenvalue weighted by atomic mass is 9.77. The van der Waals surface area contributed by atoms with Gasteiger partial charge in [0.15, 0.2) is 11.9 Å². The second kappa shape index (κ2) is 9.62. The van der Waals surface area contributed by atoms with Crippen LogP contribution in [0.2, 0.25) is 0 Å². The molecule has 1 saturated heterocycles. The molecule has 2 fully saturated rings. The maximum Gasteiger partial charge on any atom is 0.312 e. The van der Waals surface area contributed by atoms with Gasteiger partial charge in [-0.05, 0) is 44.2 Å². The zero-order valence-corrected chi connectivity index (χ0v) is 18.7. The number of hydrogen-bond acceptors (Lipinski definition) is 5. The van der Waals surface area contributed by atoms with Crippen LogP contribution in [0.25, 0.3) is 0 Å². The van der Waals surface area contributed by atoms with Gasteiger partial charge in [-0.25, -0.2) is 0 Å². The zero-order valence-electron chi connectivity index (χ0n) is 18.7. The lowest BCUT2D eigenvalue weighted by Gasteiger charge is -2.39. The highest BCUT2D eigenvalue weighted by Crippen LogP contribution is 2.36. The van der Waals surface area contributed by atoms with E-state index in [-0.39, 0.29) is 24.2 Å². The summed E-state index contributed by atoms with van der Waals surface area (Å²) in [7, 11) is 0. The highest BCUT2D eigenvalue weighted by molar-refractivity contribution is 5.98. The van der Waals surface area contributed by atoms with Crippen molar-refractivity contribution in [3.05, 3.63) is 29.8 Å². The molecule has 1 N–H and O–H groups in total. The number of esters is 1. The van der Waals surface area contributed by atoms with Gasteiger partial charge in [0.1, 0.15) is 0 Å². The van der Waals surface area contributed by atoms with Gasteiger partial charge in [0.2, 0.25) is 5.91 Å². The molecule has 2 aliphatic rings. The van der Waals surface area contributed by atoms with Crippen LogP contribution in [0, 0.1) is 17.8 Å². The number of ether oxygens (including phenoxy) is 1. The molecular weight excluding hydrogens is 396 g/mol. The minimum Gasteiger partial charge on any atom is -0.452 e. The van der Waals surface area contributed by atoms with Crippen LogP contribution in [0.4, 0.5) is 5.69 Å². The quantitative estimate of drug-likeness (QED) is 0.553. The third-order valence-electron chi connectivity index (χ3n) is 6.75. The van der Waals surface area contributed by atoms with Crippen molar-refractivity contribution in [3.63, 3.8) is 0 Å². The first-order valence-corrected chi connectivity index (χ1v) is 11.1. The summed E-state index contributed by atoms with van der Waals surface area (Å²) < 4.78 is 5.38. The highest BCUT2D eigenvalue weighted by Gasteiger charge is 2.42. The maximum absolute atomic E-state index is 12.7. The molecule has 1 aliphatic carbocycles. The smallest absolute Gasteiger partial charge is 0.312 e. The first kappa shape index (κ1) is 23.0. The number of nitrogens with one attached hydrogen (secondary N) is 1. The van der Waals surface area contributed by atoms with Gasteiger partial charge in [-0.1, -0.05) is 38.8 Å². The predicted octanol–water partition coefficient (Wildman–Crippen LogP) is 3.43. The summed E-state index contributed by atoms with van der Waals surface area (Å²) in [6.45, 7) is 7.71. The van der Waals surface area contributed by atoms with E-state index in [4.69, 9.17) is 4.74 Å². The lowest BCUT2D eigenvalue weighted by molar-refractivity contribution is -0.157. The number of anilines is 1. The number of benzene rings is 1. The maximum atomic E-state index is 12.7. The summed E-state index contributed by atoms with van der Waals surface area (Å²) in [5, 5.41) is 2.67. The van der Waals surface area contributed by atoms with Gasteiger partial charge < -0.3 is 15.0 Å². The largest absolute Gasteiger partial charge is 0.452 e. The van der Waals surface area contributed by atoms with Crippen LogP contribution in [0.15, 0.2) is 24.3 Å². The van der Waals surface area contributed by atoms with E-state index < -0.39 is 23.9 Å². The third kappa shape index (κ3) is 5.32. The van der Waals surface area contributed by atoms with E-state index >= 15 is 0 Å². The molecule has 7 nitrogen and oxygen atoms in total. The molecule has 5 atom stereocenters. The van der Waals surface area contributed by atoms with Gasteiger partial charge in [0.05, 0.1) is 5.92 Å². The predicted molar refractivity (Wildman–Crippen MR) is 116 cm³/mol. The van der Waals surface area contributed by atoms with Crippen molar-refractivity contribution in [2.24, 2.45) is 17.8 Å². The fourth-order valence-electron chi connectivity index (χ4n) is 4.59. The Hall–Kier alpha value is -2.70. The van der Waals surface area contributed by atoms with Crippen molar-refractivity contribution in [1.82, 2.24) is 4.90 Å². The van der Waals surface area contributed by atoms with E-state index in [9.17, 15) is 19.2 Å². The third-order valence-corrected chi connectivity index (χ3v) is 6.75. The number of hydrogen-bond donors (Lipinski definition) is 1. The summed E-state index contributed by atoms with van der Waals surface area (Å²) >= 11 is 0. The van der Waals surface area contributed by atoms with Crippen molar-refractivity contribution in [1.29, 1.82) is 0 Å². The van der Waals surface area contributed by atoms with E-state index in [0.717, 1.165) is 12.8 Å². The second-order valence-electron chi connectivity index (χ2n) is 8.99. The van der Waals surface area contributed by atoms with E-state index in [1.807, 2.05) is 4.90 Å². The molecule has 1 saturated carbocycles. The summed E-state index contributed by atoms with van der Waals surface area (Å²) in [5.74, 6) is -0.699. The van der Waals surface area contributed by atoms with E-state index in [0.29, 0.717) is 29.6 Å². The SMILES string of the molecule is CC(=O)c1cccc(NC(=O)[C@H](C)OC(=O)[C@@H]2CC(=O)N([C@H]3CCC[C@@H](C)[C@H]3C)C2)c1. The molecule has 0 unspecified atom stereocenters. The number of carbonyl (C=O) groups is 4. The van der Waals surface area contributed by atoms with E-state index in [1.54, 1.807) is 24.3 Å². The molecule has 1 aromatic carbocycles. The summed E-state index contributed by atoms with van der Waals surface area (Å²) in [6.07, 6.45) is 2.36. The van der Waals surface area contributed by atoms with Crippen LogP contribution in [-0.2, 0) is 19.1 Å². The van der Waals surface area contributed by atoms with Crippen molar-refractivity contribution in [3.8, 4) is 0 Å². The Bertz CT molecular complexity index is 867. The van der Waals surface area contributed by atoms with E-state index in [1.165, 1.54) is 20.3 Å². The van der Waals surface area contributed by atoms with Crippen LogP contribution >= 0.6 is 0 Å². The average Bonchev–Trinajstić information content (AvgIpc) is 3.11. The number of likely N-dealkylation sites (tertiary alicyclic amines) is 1. The van der Waals surface area contributed by atoms with Crippen molar-refractivity contribution >= 4 is 29.3 Å². The van der Waals surface area contributed by atoms with Crippen LogP contribution in [0.1, 0.15) is 63.7 Å². The van der Waals surface area contributed by atoms with Crippen molar-refractivity contribution < 1.29 is 23.9 Å². The molecule has 0 aromatic heterocycles. The number of amides is 2. The Kier molecular flexibility index (Phi) is 7.13. The zero-order chi connectivity index (χ0) is 22.7. The van der Waals surface area contributed by atoms with Gasteiger partial charge in [-0.15, -0.1) is 0 Å². The summed E-state index contributed by atoms with van der Waals surface area (Å²) in [5.41, 5.74) is 0.946. The van der Waals surface area contributed by atoms with E-state index in [2.05, 4.69) is 19.2 Å². The molecule has 0 spiro atoms. The monoisotopic (exact) mass is 428 g/mol. The molecule has 1 aromatic rings. The van der Waals surface area contributed by atoms with Crippen LogP contribution in [-0.4, -0.2) is 47.2 Å². The van der Waals surface area contributed by atoms with Gasteiger partial charge in [-0.2, -0.15) is 0 Å². The molecule has 1 heterocycles. The van der Waals surface area contributed by atoms with Crippen molar-refractivity contribution in [2.45, 2.75) is 65.5 Å². The first-order valence-electron chi connectivity index (χ1n) is 11.1. The van der Waals surface area contributed by atoms with Gasteiger partial charge in [0, 0.05) is 30.3 Å². The number of nitrogens with zero attached hydrogens (tertiary/aromatic N) is 1. The van der Waals surface area contributed by atoms with Crippen LogP contribution in [0.5, 0.6) is 0 Å². The Morgan fingerprint density at radius 3 is 2.65 bits per heavy atom. The van der Waals surface area contributed by atoms with Gasteiger partial charge in [-0.3, -0.25) is 19.2 Å². The fourth-order valence-corrected chi connectivity index (χ4v) is 4.59. The van der Waals surface area contributed by atoms with Crippen LogP contribution < -0.4 is 5.32 Å². The number of Topliss-reactive ketones (excluding diaryl/α,β-unsaturated/α-hetero) is 1. The van der Waals surface area contributed by atoms with Gasteiger partial charge in [0.25, 0.3) is 5.91 Å². The fraction of sp³-hybridized carbons (Fsp3) is 0.583. The molecule has 0 bridgehead atoms. The van der Waals surface area contributed by atoms with Crippen molar-refractivity contribution in [2.75, 3.05) is 11.9 Å². The molecule has 31 heavy (non-hydrogen) atoms. The van der Waals surface area contributed by atoms with Crippen LogP contribution in [0.3, 0.4) is 0 Å².